The Morgan fingerprint density at radius 3 is 2.58 bits per heavy atom. The molecular weight excluding hydrogens is 375 g/mol. The van der Waals surface area contributed by atoms with Crippen LogP contribution >= 0.6 is 11.3 Å². The molecule has 2 aliphatic heterocycles. The number of hydrogen-bond donors (Lipinski definition) is 2. The second-order valence-electron chi connectivity index (χ2n) is 6.15. The number of nitrogens with zero attached hydrogens (tertiary/aromatic N) is 2. The Labute approximate surface area is 152 Å². The van der Waals surface area contributed by atoms with Crippen molar-refractivity contribution in [2.24, 2.45) is 0 Å². The van der Waals surface area contributed by atoms with Crippen LogP contribution in [0.2, 0.25) is 0 Å². The minimum atomic E-state index is -5.08. The van der Waals surface area contributed by atoms with E-state index >= 15 is 0 Å². The molecule has 1 unspecified atom stereocenters. The van der Waals surface area contributed by atoms with Crippen LogP contribution in [0.4, 0.5) is 13.2 Å². The summed E-state index contributed by atoms with van der Waals surface area (Å²) < 4.78 is 37.6. The molecule has 1 amide bonds. The Bertz CT molecular complexity index is 616. The number of halogens is 3. The third-order valence-corrected chi connectivity index (χ3v) is 5.21. The number of piperidine rings is 1. The quantitative estimate of drug-likeness (QED) is 0.791. The number of carboxylic acid groups (broad SMARTS) is 1. The second kappa shape index (κ2) is 8.31. The highest BCUT2D eigenvalue weighted by atomic mass is 32.1. The number of carbonyl (C=O) groups is 2. The number of carboxylic acids is 1. The summed E-state index contributed by atoms with van der Waals surface area (Å²) in [7, 11) is 0. The number of amides is 1. The lowest BCUT2D eigenvalue weighted by atomic mass is 9.83. The van der Waals surface area contributed by atoms with Gasteiger partial charge in [-0.15, -0.1) is 11.3 Å². The molecule has 3 rings (SSSR count). The lowest BCUT2D eigenvalue weighted by Gasteiger charge is -2.47. The van der Waals surface area contributed by atoms with Crippen molar-refractivity contribution in [2.75, 3.05) is 19.7 Å². The fourth-order valence-corrected chi connectivity index (χ4v) is 3.60. The van der Waals surface area contributed by atoms with Crippen LogP contribution < -0.4 is 5.32 Å². The van der Waals surface area contributed by atoms with E-state index in [1.807, 2.05) is 18.5 Å². The number of ether oxygens (including phenoxy) is 1. The van der Waals surface area contributed by atoms with E-state index in [1.54, 1.807) is 11.3 Å². The topological polar surface area (TPSA) is 91.8 Å². The minimum absolute atomic E-state index is 0.00309. The summed E-state index contributed by atoms with van der Waals surface area (Å²) in [6, 6.07) is 0.107. The number of rotatable bonds is 2. The summed E-state index contributed by atoms with van der Waals surface area (Å²) in [6.45, 7) is 5.18. The van der Waals surface area contributed by atoms with Gasteiger partial charge in [0.25, 0.3) is 0 Å². The number of nitrogens with one attached hydrogen (secondary N) is 1. The van der Waals surface area contributed by atoms with E-state index in [0.717, 1.165) is 32.5 Å². The Kier molecular flexibility index (Phi) is 6.58. The van der Waals surface area contributed by atoms with Gasteiger partial charge in [-0.2, -0.15) is 13.2 Å². The summed E-state index contributed by atoms with van der Waals surface area (Å²) in [4.78, 5) is 27.0. The summed E-state index contributed by atoms with van der Waals surface area (Å²) in [6.07, 6.45) is -1.28. The molecule has 0 saturated carbocycles. The normalized spacial score (nSPS) is 23.1. The average molecular weight is 395 g/mol. The second-order valence-corrected chi connectivity index (χ2v) is 7.13. The standard InChI is InChI=1S/C13H19N3O2S.C2HF3O2/c1-10-13(18-9-11(17)15-10)2-5-16(6-3-13)8-12-14-4-7-19-12;3-2(4,5)1(6)7/h4,7,10H,2-3,5-6,8-9H2,1H3,(H,15,17);(H,6,7). The highest BCUT2D eigenvalue weighted by molar-refractivity contribution is 7.09. The lowest BCUT2D eigenvalue weighted by Crippen LogP contribution is -2.62. The molecule has 1 aromatic heterocycles. The SMILES string of the molecule is CC1NC(=O)COC12CCN(Cc1nccs1)CC2.O=C(O)C(F)(F)F. The van der Waals surface area contributed by atoms with Gasteiger partial charge in [0, 0.05) is 24.7 Å². The van der Waals surface area contributed by atoms with Gasteiger partial charge in [-0.1, -0.05) is 0 Å². The molecule has 3 heterocycles. The summed E-state index contributed by atoms with van der Waals surface area (Å²) in [5, 5.41) is 13.3. The van der Waals surface area contributed by atoms with Crippen LogP contribution in [0.3, 0.4) is 0 Å². The number of hydrogen-bond acceptors (Lipinski definition) is 6. The maximum Gasteiger partial charge on any atom is 0.490 e. The molecule has 0 aromatic carbocycles. The first kappa shape index (κ1) is 20.6. The zero-order valence-electron chi connectivity index (χ0n) is 14.1. The first-order chi connectivity index (χ1) is 12.1. The molecule has 0 aliphatic carbocycles. The van der Waals surface area contributed by atoms with Gasteiger partial charge in [-0.3, -0.25) is 9.69 Å². The fourth-order valence-electron chi connectivity index (χ4n) is 2.94. The van der Waals surface area contributed by atoms with Gasteiger partial charge in [0.05, 0.1) is 18.2 Å². The third kappa shape index (κ3) is 5.39. The molecule has 146 valence electrons. The van der Waals surface area contributed by atoms with Crippen molar-refractivity contribution in [1.29, 1.82) is 0 Å². The Morgan fingerprint density at radius 2 is 2.12 bits per heavy atom. The molecule has 11 heteroatoms. The molecule has 26 heavy (non-hydrogen) atoms. The number of aliphatic carboxylic acids is 1. The number of alkyl halides is 3. The van der Waals surface area contributed by atoms with Gasteiger partial charge in [0.1, 0.15) is 11.6 Å². The molecule has 1 atom stereocenters. The third-order valence-electron chi connectivity index (χ3n) is 4.44. The van der Waals surface area contributed by atoms with Crippen LogP contribution in [0, 0.1) is 0 Å². The highest BCUT2D eigenvalue weighted by Gasteiger charge is 2.44. The van der Waals surface area contributed by atoms with Gasteiger partial charge in [-0.05, 0) is 19.8 Å². The molecular formula is C15H20F3N3O4S. The van der Waals surface area contributed by atoms with Gasteiger partial charge >= 0.3 is 12.1 Å². The summed E-state index contributed by atoms with van der Waals surface area (Å²) >= 11 is 1.70. The van der Waals surface area contributed by atoms with E-state index in [4.69, 9.17) is 14.6 Å². The van der Waals surface area contributed by atoms with Crippen LogP contribution in [0.1, 0.15) is 24.8 Å². The first-order valence-electron chi connectivity index (χ1n) is 7.96. The van der Waals surface area contributed by atoms with E-state index in [1.165, 1.54) is 5.01 Å². The molecule has 1 spiro atoms. The minimum Gasteiger partial charge on any atom is -0.475 e. The van der Waals surface area contributed by atoms with E-state index in [9.17, 15) is 18.0 Å². The van der Waals surface area contributed by atoms with E-state index in [0.29, 0.717) is 0 Å². The molecule has 2 fully saturated rings. The smallest absolute Gasteiger partial charge is 0.475 e. The lowest BCUT2D eigenvalue weighted by molar-refractivity contribution is -0.192. The number of morpholine rings is 1. The average Bonchev–Trinajstić information content (AvgIpc) is 3.06. The van der Waals surface area contributed by atoms with Crippen molar-refractivity contribution >= 4 is 23.2 Å². The molecule has 0 bridgehead atoms. The Hall–Kier alpha value is -1.72. The monoisotopic (exact) mass is 395 g/mol. The number of thiazole rings is 1. The maximum atomic E-state index is 11.3. The van der Waals surface area contributed by atoms with Crippen molar-refractivity contribution in [3.8, 4) is 0 Å². The van der Waals surface area contributed by atoms with Crippen molar-refractivity contribution in [1.82, 2.24) is 15.2 Å². The van der Waals surface area contributed by atoms with Crippen molar-refractivity contribution in [3.05, 3.63) is 16.6 Å². The first-order valence-corrected chi connectivity index (χ1v) is 8.84. The zero-order chi connectivity index (χ0) is 19.4. The van der Waals surface area contributed by atoms with Gasteiger partial charge in [0.15, 0.2) is 0 Å². The van der Waals surface area contributed by atoms with Crippen molar-refractivity contribution < 1.29 is 32.6 Å². The van der Waals surface area contributed by atoms with Crippen LogP contribution in [0.15, 0.2) is 11.6 Å². The van der Waals surface area contributed by atoms with Gasteiger partial charge < -0.3 is 15.2 Å². The van der Waals surface area contributed by atoms with E-state index in [2.05, 4.69) is 15.2 Å². The summed E-state index contributed by atoms with van der Waals surface area (Å²) in [5.74, 6) is -2.75. The molecule has 7 nitrogen and oxygen atoms in total. The largest absolute Gasteiger partial charge is 0.490 e. The molecule has 0 radical (unpaired) electrons. The van der Waals surface area contributed by atoms with E-state index in [-0.39, 0.29) is 24.2 Å². The molecule has 2 aliphatic rings. The van der Waals surface area contributed by atoms with Crippen LogP contribution in [0.5, 0.6) is 0 Å². The van der Waals surface area contributed by atoms with Crippen LogP contribution in [-0.2, 0) is 20.9 Å². The van der Waals surface area contributed by atoms with E-state index < -0.39 is 12.1 Å². The fraction of sp³-hybridized carbons (Fsp3) is 0.667. The Morgan fingerprint density at radius 1 is 1.50 bits per heavy atom. The number of aromatic nitrogens is 1. The van der Waals surface area contributed by atoms with Crippen molar-refractivity contribution in [2.45, 2.75) is 44.1 Å². The molecule has 2 N–H and O–H groups in total. The van der Waals surface area contributed by atoms with Gasteiger partial charge in [-0.25, -0.2) is 9.78 Å². The van der Waals surface area contributed by atoms with Crippen LogP contribution in [-0.4, -0.2) is 64.4 Å². The van der Waals surface area contributed by atoms with Crippen LogP contribution in [0.25, 0.3) is 0 Å². The number of carbonyl (C=O) groups excluding carboxylic acids is 1. The molecule has 2 saturated heterocycles. The van der Waals surface area contributed by atoms with Gasteiger partial charge in [0.2, 0.25) is 5.91 Å². The zero-order valence-corrected chi connectivity index (χ0v) is 14.9. The highest BCUT2D eigenvalue weighted by Crippen LogP contribution is 2.32. The predicted octanol–water partition coefficient (Wildman–Crippen LogP) is 1.65. The Balaban J connectivity index is 0.000000298. The maximum absolute atomic E-state index is 11.3. The molecule has 1 aromatic rings. The number of likely N-dealkylation sites (tertiary alicyclic amines) is 1. The van der Waals surface area contributed by atoms with Crippen molar-refractivity contribution in [3.63, 3.8) is 0 Å². The predicted molar refractivity (Wildman–Crippen MR) is 86.6 cm³/mol. The summed E-state index contributed by atoms with van der Waals surface area (Å²) in [5.41, 5.74) is -0.159.